The van der Waals surface area contributed by atoms with Gasteiger partial charge in [-0.25, -0.2) is 13.8 Å². The average molecular weight is 518 g/mol. The molecule has 0 radical (unpaired) electrons. The number of anilines is 2. The molecule has 2 N–H and O–H groups in total. The van der Waals surface area contributed by atoms with E-state index in [1.807, 2.05) is 30.6 Å². The minimum atomic E-state index is -2.67. The van der Waals surface area contributed by atoms with Crippen molar-refractivity contribution in [2.45, 2.75) is 38.2 Å². The highest BCUT2D eigenvalue weighted by molar-refractivity contribution is 6.11. The maximum atomic E-state index is 13.1. The fourth-order valence-electron chi connectivity index (χ4n) is 5.16. The topological polar surface area (TPSA) is 90.0 Å². The number of halogens is 2. The lowest BCUT2D eigenvalue weighted by atomic mass is 10.0. The lowest BCUT2D eigenvalue weighted by Gasteiger charge is -2.39. The number of amides is 1. The largest absolute Gasteiger partial charge is 0.344 e. The first-order valence-electron chi connectivity index (χ1n) is 13.0. The lowest BCUT2D eigenvalue weighted by molar-refractivity contribution is -0.0267. The number of aromatic amines is 1. The summed E-state index contributed by atoms with van der Waals surface area (Å²) in [5.74, 6) is -2.60. The van der Waals surface area contributed by atoms with E-state index in [1.54, 1.807) is 12.1 Å². The first-order chi connectivity index (χ1) is 18.4. The van der Waals surface area contributed by atoms with Crippen molar-refractivity contribution >= 4 is 28.3 Å². The minimum absolute atomic E-state index is 0.266. The van der Waals surface area contributed by atoms with Crippen LogP contribution in [0.5, 0.6) is 0 Å². The molecule has 196 valence electrons. The monoisotopic (exact) mass is 517 g/mol. The summed E-state index contributed by atoms with van der Waals surface area (Å²) in [6.45, 7) is 2.44. The van der Waals surface area contributed by atoms with Crippen molar-refractivity contribution in [3.63, 3.8) is 0 Å². The molecule has 0 bridgehead atoms. The Morgan fingerprint density at radius 1 is 0.974 bits per heavy atom. The summed E-state index contributed by atoms with van der Waals surface area (Å²) in [5, 5.41) is 10.7. The molecule has 0 aliphatic carbocycles. The smallest absolute Gasteiger partial charge is 0.282 e. The van der Waals surface area contributed by atoms with Crippen LogP contribution in [-0.4, -0.2) is 63.1 Å². The molecular weight excluding hydrogens is 488 g/mol. The third kappa shape index (κ3) is 5.22. The number of likely N-dealkylation sites (tertiary alicyclic amines) is 1. The molecule has 0 saturated carbocycles. The van der Waals surface area contributed by atoms with Gasteiger partial charge in [-0.3, -0.25) is 19.8 Å². The Morgan fingerprint density at radius 2 is 1.79 bits per heavy atom. The van der Waals surface area contributed by atoms with Crippen LogP contribution in [-0.2, 0) is 6.54 Å². The highest BCUT2D eigenvalue weighted by atomic mass is 19.3. The second-order valence-corrected chi connectivity index (χ2v) is 10.2. The Balaban J connectivity index is 1.18. The van der Waals surface area contributed by atoms with E-state index in [1.165, 1.54) is 42.3 Å². The molecular formula is C28H29F2N7O. The van der Waals surface area contributed by atoms with Gasteiger partial charge in [0, 0.05) is 29.9 Å². The van der Waals surface area contributed by atoms with Gasteiger partial charge in [-0.2, -0.15) is 5.10 Å². The quantitative estimate of drug-likeness (QED) is 0.370. The van der Waals surface area contributed by atoms with Gasteiger partial charge < -0.3 is 10.2 Å². The third-order valence-corrected chi connectivity index (χ3v) is 7.19. The summed E-state index contributed by atoms with van der Waals surface area (Å²) in [7, 11) is 0. The zero-order valence-electron chi connectivity index (χ0n) is 21.0. The molecule has 2 aliphatic heterocycles. The standard InChI is InChI=1S/C28H29F2N7O/c29-28(30)17-37(18-28)25-8-6-22(15-32-25)33-27(38)26-23-12-20(5-7-24(23)34-35-26)21-11-19(13-31-14-21)16-36-9-3-1-2-4-10-36/h5-8,11-15H,1-4,9-10,16-18H2,(H,33,38)(H,34,35). The van der Waals surface area contributed by atoms with E-state index < -0.39 is 5.92 Å². The van der Waals surface area contributed by atoms with Crippen molar-refractivity contribution in [1.29, 1.82) is 0 Å². The summed E-state index contributed by atoms with van der Waals surface area (Å²) >= 11 is 0. The van der Waals surface area contributed by atoms with Crippen LogP contribution in [0.2, 0.25) is 0 Å². The minimum Gasteiger partial charge on any atom is -0.344 e. The molecule has 1 amide bonds. The van der Waals surface area contributed by atoms with Crippen molar-refractivity contribution < 1.29 is 13.6 Å². The van der Waals surface area contributed by atoms with Gasteiger partial charge in [0.05, 0.1) is 30.5 Å². The predicted octanol–water partition coefficient (Wildman–Crippen LogP) is 5.10. The van der Waals surface area contributed by atoms with Gasteiger partial charge in [0.25, 0.3) is 11.8 Å². The number of rotatable bonds is 6. The molecule has 5 heterocycles. The van der Waals surface area contributed by atoms with Crippen molar-refractivity contribution in [2.24, 2.45) is 0 Å². The highest BCUT2D eigenvalue weighted by Crippen LogP contribution is 2.31. The number of pyridine rings is 2. The number of fused-ring (bicyclic) bond motifs is 1. The summed E-state index contributed by atoms with van der Waals surface area (Å²) in [6.07, 6.45) is 10.3. The van der Waals surface area contributed by atoms with Crippen LogP contribution in [0.4, 0.5) is 20.3 Å². The number of carbonyl (C=O) groups excluding carboxylic acids is 1. The Labute approximate surface area is 219 Å². The molecule has 2 fully saturated rings. The van der Waals surface area contributed by atoms with E-state index >= 15 is 0 Å². The van der Waals surface area contributed by atoms with Gasteiger partial charge >= 0.3 is 0 Å². The third-order valence-electron chi connectivity index (χ3n) is 7.19. The fraction of sp³-hybridized carbons (Fsp3) is 0.357. The first-order valence-corrected chi connectivity index (χ1v) is 13.0. The van der Waals surface area contributed by atoms with Gasteiger partial charge in [-0.15, -0.1) is 0 Å². The number of H-pyrrole nitrogens is 1. The average Bonchev–Trinajstić information content (AvgIpc) is 3.16. The van der Waals surface area contributed by atoms with Crippen LogP contribution < -0.4 is 10.2 Å². The van der Waals surface area contributed by atoms with Crippen LogP contribution in [0.3, 0.4) is 0 Å². The molecule has 10 heteroatoms. The maximum absolute atomic E-state index is 13.1. The number of hydrogen-bond donors (Lipinski definition) is 2. The van der Waals surface area contributed by atoms with Crippen LogP contribution in [0, 0.1) is 0 Å². The molecule has 2 aliphatic rings. The molecule has 2 saturated heterocycles. The predicted molar refractivity (Wildman–Crippen MR) is 142 cm³/mol. The Kier molecular flexibility index (Phi) is 6.49. The van der Waals surface area contributed by atoms with Gasteiger partial charge in [0.15, 0.2) is 5.69 Å². The molecule has 8 nitrogen and oxygen atoms in total. The van der Waals surface area contributed by atoms with Crippen molar-refractivity contribution in [3.05, 3.63) is 66.2 Å². The number of nitrogens with zero attached hydrogens (tertiary/aromatic N) is 5. The highest BCUT2D eigenvalue weighted by Gasteiger charge is 2.44. The van der Waals surface area contributed by atoms with Gasteiger partial charge in [-0.1, -0.05) is 18.9 Å². The maximum Gasteiger partial charge on any atom is 0.282 e. The molecule has 1 aromatic carbocycles. The zero-order valence-corrected chi connectivity index (χ0v) is 21.0. The Morgan fingerprint density at radius 3 is 2.53 bits per heavy atom. The fourth-order valence-corrected chi connectivity index (χ4v) is 5.16. The number of nitrogens with one attached hydrogen (secondary N) is 2. The molecule has 4 aromatic rings. The van der Waals surface area contributed by atoms with Gasteiger partial charge in [0.2, 0.25) is 0 Å². The van der Waals surface area contributed by atoms with Gasteiger partial charge in [-0.05, 0) is 67.4 Å². The summed E-state index contributed by atoms with van der Waals surface area (Å²) in [4.78, 5) is 25.7. The Bertz CT molecular complexity index is 1440. The van der Waals surface area contributed by atoms with E-state index in [-0.39, 0.29) is 24.7 Å². The van der Waals surface area contributed by atoms with E-state index in [2.05, 4.69) is 36.4 Å². The van der Waals surface area contributed by atoms with Crippen LogP contribution in [0.1, 0.15) is 41.7 Å². The molecule has 0 atom stereocenters. The SMILES string of the molecule is O=C(Nc1ccc(N2CC(F)(F)C2)nc1)c1n[nH]c2ccc(-c3cncc(CN4CCCCCC4)c3)cc12. The van der Waals surface area contributed by atoms with Crippen LogP contribution in [0.25, 0.3) is 22.0 Å². The molecule has 0 spiro atoms. The van der Waals surface area contributed by atoms with Crippen molar-refractivity contribution in [3.8, 4) is 11.1 Å². The second-order valence-electron chi connectivity index (χ2n) is 10.2. The summed E-state index contributed by atoms with van der Waals surface area (Å²) in [6, 6.07) is 11.3. The Hall–Kier alpha value is -3.92. The number of carbonyl (C=O) groups is 1. The van der Waals surface area contributed by atoms with E-state index in [0.29, 0.717) is 16.9 Å². The molecule has 6 rings (SSSR count). The first kappa shape index (κ1) is 24.4. The number of alkyl halides is 2. The van der Waals surface area contributed by atoms with Crippen molar-refractivity contribution in [2.75, 3.05) is 36.4 Å². The van der Waals surface area contributed by atoms with Crippen molar-refractivity contribution in [1.82, 2.24) is 25.1 Å². The molecule has 0 unspecified atom stereocenters. The normalized spacial score (nSPS) is 17.7. The molecule has 38 heavy (non-hydrogen) atoms. The zero-order chi connectivity index (χ0) is 26.1. The number of benzene rings is 1. The van der Waals surface area contributed by atoms with E-state index in [0.717, 1.165) is 36.3 Å². The summed E-state index contributed by atoms with van der Waals surface area (Å²) < 4.78 is 26.3. The van der Waals surface area contributed by atoms with E-state index in [9.17, 15) is 13.6 Å². The second kappa shape index (κ2) is 10.1. The van der Waals surface area contributed by atoms with Crippen LogP contribution >= 0.6 is 0 Å². The van der Waals surface area contributed by atoms with Crippen LogP contribution in [0.15, 0.2) is 55.0 Å². The molecule has 3 aromatic heterocycles. The lowest BCUT2D eigenvalue weighted by Crippen LogP contribution is -2.56. The van der Waals surface area contributed by atoms with E-state index in [4.69, 9.17) is 0 Å². The van der Waals surface area contributed by atoms with Gasteiger partial charge in [0.1, 0.15) is 5.82 Å². The summed E-state index contributed by atoms with van der Waals surface area (Å²) in [5.41, 5.74) is 4.59. The number of hydrogen-bond acceptors (Lipinski definition) is 6. The number of aromatic nitrogens is 4.